The normalized spacial score (nSPS) is 10.8. The third-order valence-corrected chi connectivity index (χ3v) is 3.22. The molecule has 6 heteroatoms. The van der Waals surface area contributed by atoms with Crippen LogP contribution in [-0.2, 0) is 4.79 Å². The van der Waals surface area contributed by atoms with E-state index in [1.54, 1.807) is 6.92 Å². The highest BCUT2D eigenvalue weighted by Gasteiger charge is 2.25. The van der Waals surface area contributed by atoms with Gasteiger partial charge in [-0.2, -0.15) is 0 Å². The van der Waals surface area contributed by atoms with Crippen molar-refractivity contribution in [3.8, 4) is 11.5 Å². The van der Waals surface area contributed by atoms with E-state index in [4.69, 9.17) is 9.52 Å². The van der Waals surface area contributed by atoms with Crippen molar-refractivity contribution in [2.45, 2.75) is 20.8 Å². The van der Waals surface area contributed by atoms with Gasteiger partial charge in [-0.05, 0) is 25.0 Å². The second-order valence-corrected chi connectivity index (χ2v) is 5.76. The Balaban J connectivity index is 2.30. The van der Waals surface area contributed by atoms with Crippen molar-refractivity contribution in [1.82, 2.24) is 9.88 Å². The number of benzene rings is 1. The Kier molecular flexibility index (Phi) is 5.16. The van der Waals surface area contributed by atoms with E-state index >= 15 is 0 Å². The Hall–Kier alpha value is -2.63. The number of rotatable bonds is 6. The molecule has 2 rings (SSSR count). The van der Waals surface area contributed by atoms with Crippen molar-refractivity contribution >= 4 is 11.9 Å². The number of carboxylic acid groups (broad SMARTS) is 1. The van der Waals surface area contributed by atoms with Crippen LogP contribution in [-0.4, -0.2) is 40.0 Å². The number of aromatic nitrogens is 1. The Labute approximate surface area is 134 Å². The molecule has 0 fully saturated rings. The third kappa shape index (κ3) is 4.18. The zero-order chi connectivity index (χ0) is 17.0. The molecule has 0 aliphatic carbocycles. The number of aliphatic carboxylic acids is 1. The van der Waals surface area contributed by atoms with Crippen molar-refractivity contribution < 1.29 is 19.1 Å². The van der Waals surface area contributed by atoms with E-state index in [2.05, 4.69) is 4.98 Å². The molecule has 1 heterocycles. The Morgan fingerprint density at radius 3 is 2.48 bits per heavy atom. The highest BCUT2D eigenvalue weighted by molar-refractivity contribution is 5.95. The van der Waals surface area contributed by atoms with Gasteiger partial charge in [0, 0.05) is 12.1 Å². The molecular weight excluding hydrogens is 296 g/mol. The summed E-state index contributed by atoms with van der Waals surface area (Å²) in [5, 5.41) is 9.01. The maximum absolute atomic E-state index is 12.6. The summed E-state index contributed by atoms with van der Waals surface area (Å²) in [6.07, 6.45) is 0. The summed E-state index contributed by atoms with van der Waals surface area (Å²) in [6.45, 7) is 5.49. The SMILES string of the molecule is Cc1oc(-c2ccccc2)nc1C(=O)N(CC(=O)O)CC(C)C. The monoisotopic (exact) mass is 316 g/mol. The molecule has 6 nitrogen and oxygen atoms in total. The molecule has 0 aliphatic rings. The van der Waals surface area contributed by atoms with Gasteiger partial charge in [-0.15, -0.1) is 0 Å². The van der Waals surface area contributed by atoms with Crippen molar-refractivity contribution in [3.05, 3.63) is 41.8 Å². The largest absolute Gasteiger partial charge is 0.480 e. The average Bonchev–Trinajstić information content (AvgIpc) is 2.88. The maximum atomic E-state index is 12.6. The number of hydrogen-bond donors (Lipinski definition) is 1. The minimum Gasteiger partial charge on any atom is -0.480 e. The van der Waals surface area contributed by atoms with Crippen LogP contribution >= 0.6 is 0 Å². The van der Waals surface area contributed by atoms with Gasteiger partial charge in [0.05, 0.1) is 0 Å². The third-order valence-electron chi connectivity index (χ3n) is 3.22. The lowest BCUT2D eigenvalue weighted by Gasteiger charge is -2.21. The highest BCUT2D eigenvalue weighted by atomic mass is 16.4. The van der Waals surface area contributed by atoms with Crippen LogP contribution < -0.4 is 0 Å². The first kappa shape index (κ1) is 16.7. The van der Waals surface area contributed by atoms with Crippen LogP contribution in [0.2, 0.25) is 0 Å². The van der Waals surface area contributed by atoms with Crippen LogP contribution in [0, 0.1) is 12.8 Å². The zero-order valence-electron chi connectivity index (χ0n) is 13.4. The van der Waals surface area contributed by atoms with Gasteiger partial charge in [-0.25, -0.2) is 4.98 Å². The van der Waals surface area contributed by atoms with E-state index in [1.807, 2.05) is 44.2 Å². The van der Waals surface area contributed by atoms with E-state index in [-0.39, 0.29) is 18.2 Å². The number of carboxylic acids is 1. The first-order valence-corrected chi connectivity index (χ1v) is 7.42. The molecule has 1 amide bonds. The van der Waals surface area contributed by atoms with Crippen LogP contribution in [0.1, 0.15) is 30.1 Å². The number of hydrogen-bond acceptors (Lipinski definition) is 4. The molecule has 0 bridgehead atoms. The minimum absolute atomic E-state index is 0.152. The van der Waals surface area contributed by atoms with Gasteiger partial charge >= 0.3 is 5.97 Å². The first-order chi connectivity index (χ1) is 10.9. The molecule has 122 valence electrons. The number of carbonyl (C=O) groups excluding carboxylic acids is 1. The number of carbonyl (C=O) groups is 2. The number of amides is 1. The predicted molar refractivity (Wildman–Crippen MR) is 85.1 cm³/mol. The number of oxazole rings is 1. The van der Waals surface area contributed by atoms with Gasteiger partial charge in [0.2, 0.25) is 5.89 Å². The summed E-state index contributed by atoms with van der Waals surface area (Å²) in [5.41, 5.74) is 0.925. The van der Waals surface area contributed by atoms with E-state index < -0.39 is 11.9 Å². The summed E-state index contributed by atoms with van der Waals surface area (Å²) < 4.78 is 5.58. The lowest BCUT2D eigenvalue weighted by atomic mass is 10.2. The molecule has 2 aromatic rings. The second kappa shape index (κ2) is 7.09. The maximum Gasteiger partial charge on any atom is 0.323 e. The molecular formula is C17H20N2O4. The Morgan fingerprint density at radius 2 is 1.91 bits per heavy atom. The molecule has 0 unspecified atom stereocenters. The number of aryl methyl sites for hydroxylation is 1. The van der Waals surface area contributed by atoms with Crippen LogP contribution in [0.15, 0.2) is 34.7 Å². The fourth-order valence-electron chi connectivity index (χ4n) is 2.27. The highest BCUT2D eigenvalue weighted by Crippen LogP contribution is 2.22. The van der Waals surface area contributed by atoms with Crippen LogP contribution in [0.4, 0.5) is 0 Å². The molecule has 0 saturated heterocycles. The van der Waals surface area contributed by atoms with Crippen LogP contribution in [0.3, 0.4) is 0 Å². The van der Waals surface area contributed by atoms with Gasteiger partial charge in [0.1, 0.15) is 12.3 Å². The number of nitrogens with zero attached hydrogens (tertiary/aromatic N) is 2. The van der Waals surface area contributed by atoms with Gasteiger partial charge in [0.25, 0.3) is 5.91 Å². The van der Waals surface area contributed by atoms with Crippen LogP contribution in [0.5, 0.6) is 0 Å². The fraction of sp³-hybridized carbons (Fsp3) is 0.353. The fourth-order valence-corrected chi connectivity index (χ4v) is 2.27. The first-order valence-electron chi connectivity index (χ1n) is 7.42. The summed E-state index contributed by atoms with van der Waals surface area (Å²) in [6, 6.07) is 9.26. The molecule has 0 atom stereocenters. The quantitative estimate of drug-likeness (QED) is 0.886. The summed E-state index contributed by atoms with van der Waals surface area (Å²) in [5.74, 6) is -0.591. The van der Waals surface area contributed by atoms with E-state index in [1.165, 1.54) is 4.90 Å². The lowest BCUT2D eigenvalue weighted by Crippen LogP contribution is -2.38. The molecule has 1 N–H and O–H groups in total. The summed E-state index contributed by atoms with van der Waals surface area (Å²) in [4.78, 5) is 29.2. The van der Waals surface area contributed by atoms with Gasteiger partial charge < -0.3 is 14.4 Å². The molecule has 1 aromatic heterocycles. The topological polar surface area (TPSA) is 83.6 Å². The molecule has 1 aromatic carbocycles. The Morgan fingerprint density at radius 1 is 1.26 bits per heavy atom. The summed E-state index contributed by atoms with van der Waals surface area (Å²) >= 11 is 0. The molecule has 0 saturated carbocycles. The van der Waals surface area contributed by atoms with Gasteiger partial charge in [-0.3, -0.25) is 9.59 Å². The minimum atomic E-state index is -1.05. The molecule has 0 radical (unpaired) electrons. The molecule has 0 aliphatic heterocycles. The molecule has 23 heavy (non-hydrogen) atoms. The van der Waals surface area contributed by atoms with Crippen molar-refractivity contribution in [2.75, 3.05) is 13.1 Å². The zero-order valence-corrected chi connectivity index (χ0v) is 13.4. The van der Waals surface area contributed by atoms with Crippen LogP contribution in [0.25, 0.3) is 11.5 Å². The Bertz CT molecular complexity index is 692. The smallest absolute Gasteiger partial charge is 0.323 e. The predicted octanol–water partition coefficient (Wildman–Crippen LogP) is 2.83. The standard InChI is InChI=1S/C17H20N2O4/c1-11(2)9-19(10-14(20)21)17(22)15-12(3)23-16(18-15)13-7-5-4-6-8-13/h4-8,11H,9-10H2,1-3H3,(H,20,21). The molecule has 0 spiro atoms. The average molecular weight is 316 g/mol. The van der Waals surface area contributed by atoms with Gasteiger partial charge in [-0.1, -0.05) is 32.0 Å². The summed E-state index contributed by atoms with van der Waals surface area (Å²) in [7, 11) is 0. The van der Waals surface area contributed by atoms with E-state index in [0.29, 0.717) is 18.2 Å². The second-order valence-electron chi connectivity index (χ2n) is 5.76. The van der Waals surface area contributed by atoms with Gasteiger partial charge in [0.15, 0.2) is 5.69 Å². The van der Waals surface area contributed by atoms with E-state index in [9.17, 15) is 9.59 Å². The van der Waals surface area contributed by atoms with Crippen molar-refractivity contribution in [2.24, 2.45) is 5.92 Å². The van der Waals surface area contributed by atoms with E-state index in [0.717, 1.165) is 5.56 Å². The van der Waals surface area contributed by atoms with Crippen molar-refractivity contribution in [1.29, 1.82) is 0 Å². The lowest BCUT2D eigenvalue weighted by molar-refractivity contribution is -0.137. The van der Waals surface area contributed by atoms with Crippen molar-refractivity contribution in [3.63, 3.8) is 0 Å².